The van der Waals surface area contributed by atoms with Crippen LogP contribution in [0.5, 0.6) is 17.2 Å². The Balaban J connectivity index is 2.16. The summed E-state index contributed by atoms with van der Waals surface area (Å²) in [6, 6.07) is 10.2. The number of rotatable bonds is 5. The lowest BCUT2D eigenvalue weighted by Gasteiger charge is -2.12. The van der Waals surface area contributed by atoms with Gasteiger partial charge in [-0.25, -0.2) is 4.79 Å². The van der Waals surface area contributed by atoms with Crippen molar-refractivity contribution >= 4 is 5.97 Å². The zero-order valence-corrected chi connectivity index (χ0v) is 12.8. The highest BCUT2D eigenvalue weighted by molar-refractivity contribution is 5.92. The molecule has 0 aromatic heterocycles. The quantitative estimate of drug-likeness (QED) is 0.860. The van der Waals surface area contributed by atoms with E-state index in [0.717, 1.165) is 0 Å². The minimum atomic E-state index is -0.592. The van der Waals surface area contributed by atoms with Crippen molar-refractivity contribution in [2.45, 2.75) is 13.5 Å². The van der Waals surface area contributed by atoms with E-state index in [1.807, 2.05) is 0 Å². The third-order valence-corrected chi connectivity index (χ3v) is 3.30. The lowest BCUT2D eigenvalue weighted by atomic mass is 10.1. The lowest BCUT2D eigenvalue weighted by Crippen LogP contribution is -2.07. The van der Waals surface area contributed by atoms with Crippen LogP contribution in [0, 0.1) is 6.92 Å². The number of ether oxygens (including phenoxy) is 3. The zero-order valence-electron chi connectivity index (χ0n) is 12.8. The molecule has 0 radical (unpaired) electrons. The Morgan fingerprint density at radius 1 is 1.14 bits per heavy atom. The highest BCUT2D eigenvalue weighted by Crippen LogP contribution is 2.26. The van der Waals surface area contributed by atoms with Gasteiger partial charge in [-0.15, -0.1) is 0 Å². The largest absolute Gasteiger partial charge is 0.507 e. The van der Waals surface area contributed by atoms with Gasteiger partial charge in [0, 0.05) is 5.56 Å². The van der Waals surface area contributed by atoms with Gasteiger partial charge in [-0.05, 0) is 36.8 Å². The van der Waals surface area contributed by atoms with E-state index < -0.39 is 5.97 Å². The number of hydrogen-bond donors (Lipinski definition) is 1. The van der Waals surface area contributed by atoms with Crippen LogP contribution >= 0.6 is 0 Å². The molecule has 0 atom stereocenters. The van der Waals surface area contributed by atoms with Gasteiger partial charge in [0.25, 0.3) is 0 Å². The molecule has 0 unspecified atom stereocenters. The summed E-state index contributed by atoms with van der Waals surface area (Å²) >= 11 is 0. The maximum Gasteiger partial charge on any atom is 0.342 e. The second kappa shape index (κ2) is 6.85. The average molecular weight is 302 g/mol. The molecule has 5 heteroatoms. The van der Waals surface area contributed by atoms with Crippen molar-refractivity contribution in [1.29, 1.82) is 0 Å². The van der Waals surface area contributed by atoms with Crippen molar-refractivity contribution in [3.8, 4) is 17.2 Å². The number of phenols is 1. The smallest absolute Gasteiger partial charge is 0.342 e. The molecule has 2 aromatic carbocycles. The van der Waals surface area contributed by atoms with E-state index in [9.17, 15) is 9.90 Å². The molecule has 0 fully saturated rings. The van der Waals surface area contributed by atoms with E-state index in [2.05, 4.69) is 0 Å². The molecule has 0 heterocycles. The summed E-state index contributed by atoms with van der Waals surface area (Å²) in [5.74, 6) is 0.587. The number of benzene rings is 2. The highest BCUT2D eigenvalue weighted by Gasteiger charge is 2.15. The van der Waals surface area contributed by atoms with E-state index >= 15 is 0 Å². The third kappa shape index (κ3) is 3.31. The molecule has 0 saturated heterocycles. The van der Waals surface area contributed by atoms with Crippen LogP contribution in [-0.2, 0) is 11.3 Å². The van der Waals surface area contributed by atoms with Gasteiger partial charge in [0.1, 0.15) is 29.4 Å². The topological polar surface area (TPSA) is 65.0 Å². The summed E-state index contributed by atoms with van der Waals surface area (Å²) in [6.45, 7) is 1.74. The maximum atomic E-state index is 12.1. The molecule has 0 saturated carbocycles. The molecule has 0 bridgehead atoms. The third-order valence-electron chi connectivity index (χ3n) is 3.30. The van der Waals surface area contributed by atoms with Crippen molar-refractivity contribution in [3.63, 3.8) is 0 Å². The Labute approximate surface area is 129 Å². The first-order valence-corrected chi connectivity index (χ1v) is 6.73. The van der Waals surface area contributed by atoms with Crippen LogP contribution in [0.3, 0.4) is 0 Å². The number of carbonyl (C=O) groups excluding carboxylic acids is 1. The molecular formula is C17H18O5. The molecule has 0 aliphatic heterocycles. The minimum absolute atomic E-state index is 0.0204. The molecule has 5 nitrogen and oxygen atoms in total. The van der Waals surface area contributed by atoms with Crippen molar-refractivity contribution in [1.82, 2.24) is 0 Å². The van der Waals surface area contributed by atoms with Crippen LogP contribution in [0.1, 0.15) is 21.5 Å². The van der Waals surface area contributed by atoms with Crippen molar-refractivity contribution < 1.29 is 24.1 Å². The number of aromatic hydroxyl groups is 1. The van der Waals surface area contributed by atoms with Gasteiger partial charge in [-0.1, -0.05) is 12.1 Å². The average Bonchev–Trinajstić information content (AvgIpc) is 2.54. The van der Waals surface area contributed by atoms with Crippen LogP contribution in [0.4, 0.5) is 0 Å². The first-order valence-electron chi connectivity index (χ1n) is 6.73. The van der Waals surface area contributed by atoms with Crippen LogP contribution in [-0.4, -0.2) is 25.3 Å². The highest BCUT2D eigenvalue weighted by atomic mass is 16.5. The Kier molecular flexibility index (Phi) is 4.88. The van der Waals surface area contributed by atoms with Crippen molar-refractivity contribution in [2.24, 2.45) is 0 Å². The molecular weight excluding hydrogens is 284 g/mol. The van der Waals surface area contributed by atoms with Crippen LogP contribution in [0.25, 0.3) is 0 Å². The molecule has 0 spiro atoms. The predicted octanol–water partition coefficient (Wildman–Crippen LogP) is 3.07. The summed E-state index contributed by atoms with van der Waals surface area (Å²) in [6.07, 6.45) is 0. The maximum absolute atomic E-state index is 12.1. The van der Waals surface area contributed by atoms with E-state index in [1.165, 1.54) is 6.07 Å². The van der Waals surface area contributed by atoms with Gasteiger partial charge >= 0.3 is 5.97 Å². The van der Waals surface area contributed by atoms with Gasteiger partial charge in [0.15, 0.2) is 0 Å². The molecule has 0 aliphatic rings. The summed E-state index contributed by atoms with van der Waals surface area (Å²) < 4.78 is 15.6. The van der Waals surface area contributed by atoms with Crippen LogP contribution < -0.4 is 9.47 Å². The molecule has 22 heavy (non-hydrogen) atoms. The Morgan fingerprint density at radius 3 is 2.59 bits per heavy atom. The van der Waals surface area contributed by atoms with E-state index in [0.29, 0.717) is 22.6 Å². The number of hydrogen-bond acceptors (Lipinski definition) is 5. The van der Waals surface area contributed by atoms with E-state index in [4.69, 9.17) is 14.2 Å². The standard InChI is InChI=1S/C17H18O5/c1-11-5-4-6-14(16(11)18)17(19)22-10-12-9-13(20-2)7-8-15(12)21-3/h4-9,18H,10H2,1-3H3. The fourth-order valence-corrected chi connectivity index (χ4v) is 2.04. The van der Waals surface area contributed by atoms with E-state index in [1.54, 1.807) is 51.5 Å². The fourth-order valence-electron chi connectivity index (χ4n) is 2.04. The van der Waals surface area contributed by atoms with Gasteiger partial charge in [-0.2, -0.15) is 0 Å². The summed E-state index contributed by atoms with van der Waals surface area (Å²) in [4.78, 5) is 12.1. The Bertz CT molecular complexity index is 679. The van der Waals surface area contributed by atoms with Crippen molar-refractivity contribution in [2.75, 3.05) is 14.2 Å². The monoisotopic (exact) mass is 302 g/mol. The zero-order chi connectivity index (χ0) is 16.1. The second-order valence-electron chi connectivity index (χ2n) is 4.72. The number of esters is 1. The normalized spacial score (nSPS) is 10.1. The molecule has 1 N–H and O–H groups in total. The predicted molar refractivity (Wildman–Crippen MR) is 81.5 cm³/mol. The minimum Gasteiger partial charge on any atom is -0.507 e. The summed E-state index contributed by atoms with van der Waals surface area (Å²) in [5, 5.41) is 9.90. The fraction of sp³-hybridized carbons (Fsp3) is 0.235. The van der Waals surface area contributed by atoms with Gasteiger partial charge < -0.3 is 19.3 Å². The molecule has 2 aromatic rings. The Morgan fingerprint density at radius 2 is 1.91 bits per heavy atom. The Hall–Kier alpha value is -2.69. The summed E-state index contributed by atoms with van der Waals surface area (Å²) in [7, 11) is 3.10. The first kappa shape index (κ1) is 15.7. The van der Waals surface area contributed by atoms with E-state index in [-0.39, 0.29) is 17.9 Å². The lowest BCUT2D eigenvalue weighted by molar-refractivity contribution is 0.0466. The molecule has 0 aliphatic carbocycles. The number of phenolic OH excluding ortho intramolecular Hbond substituents is 1. The number of aryl methyl sites for hydroxylation is 1. The second-order valence-corrected chi connectivity index (χ2v) is 4.72. The van der Waals surface area contributed by atoms with Crippen LogP contribution in [0.15, 0.2) is 36.4 Å². The summed E-state index contributed by atoms with van der Waals surface area (Å²) in [5.41, 5.74) is 1.44. The molecule has 116 valence electrons. The van der Waals surface area contributed by atoms with Gasteiger partial charge in [-0.3, -0.25) is 0 Å². The number of para-hydroxylation sites is 1. The first-order chi connectivity index (χ1) is 10.6. The number of carbonyl (C=O) groups is 1. The molecule has 0 amide bonds. The molecule has 2 rings (SSSR count). The van der Waals surface area contributed by atoms with Gasteiger partial charge in [0.05, 0.1) is 14.2 Å². The SMILES string of the molecule is COc1ccc(OC)c(COC(=O)c2cccc(C)c2O)c1. The van der Waals surface area contributed by atoms with Gasteiger partial charge in [0.2, 0.25) is 0 Å². The number of methoxy groups -OCH3 is 2. The van der Waals surface area contributed by atoms with Crippen LogP contribution in [0.2, 0.25) is 0 Å². The van der Waals surface area contributed by atoms with Crippen molar-refractivity contribution in [3.05, 3.63) is 53.1 Å².